The van der Waals surface area contributed by atoms with Crippen molar-refractivity contribution >= 4 is 21.8 Å². The first kappa shape index (κ1) is 14.0. The minimum absolute atomic E-state index is 0.137. The lowest BCUT2D eigenvalue weighted by Gasteiger charge is -2.13. The molecule has 94 valence electrons. The standard InChI is InChI=1S/C10H10BrF3N2O/c1-6(16-9(17)4-11)8-3-2-7(5-15-8)10(12,13)14/h2-3,5-6H,4H2,1H3,(H,16,17)/t6-/m0/s1. The maximum atomic E-state index is 12.3. The quantitative estimate of drug-likeness (QED) is 0.872. The molecule has 0 saturated heterocycles. The summed E-state index contributed by atoms with van der Waals surface area (Å²) in [5.41, 5.74) is -0.424. The summed E-state index contributed by atoms with van der Waals surface area (Å²) in [6, 6.07) is 1.77. The summed E-state index contributed by atoms with van der Waals surface area (Å²) in [6.07, 6.45) is -3.64. The highest BCUT2D eigenvalue weighted by atomic mass is 79.9. The van der Waals surface area contributed by atoms with Crippen LogP contribution in [0.25, 0.3) is 0 Å². The van der Waals surface area contributed by atoms with E-state index in [0.717, 1.165) is 12.3 Å². The van der Waals surface area contributed by atoms with Crippen molar-refractivity contribution in [1.82, 2.24) is 10.3 Å². The molecule has 0 bridgehead atoms. The second-order valence-electron chi connectivity index (χ2n) is 3.39. The van der Waals surface area contributed by atoms with Crippen LogP contribution in [0.3, 0.4) is 0 Å². The largest absolute Gasteiger partial charge is 0.417 e. The highest BCUT2D eigenvalue weighted by Crippen LogP contribution is 2.28. The molecule has 0 unspecified atom stereocenters. The summed E-state index contributed by atoms with van der Waals surface area (Å²) in [6.45, 7) is 1.65. The van der Waals surface area contributed by atoms with Gasteiger partial charge in [0.15, 0.2) is 0 Å². The van der Waals surface area contributed by atoms with Crippen LogP contribution in [0.15, 0.2) is 18.3 Å². The Kier molecular flexibility index (Phi) is 4.50. The van der Waals surface area contributed by atoms with Gasteiger partial charge in [0.05, 0.1) is 22.6 Å². The van der Waals surface area contributed by atoms with Gasteiger partial charge in [0.2, 0.25) is 5.91 Å². The Hall–Kier alpha value is -1.11. The van der Waals surface area contributed by atoms with Crippen LogP contribution < -0.4 is 5.32 Å². The van der Waals surface area contributed by atoms with E-state index in [9.17, 15) is 18.0 Å². The van der Waals surface area contributed by atoms with E-state index in [4.69, 9.17) is 0 Å². The number of carbonyl (C=O) groups excluding carboxylic acids is 1. The Bertz CT molecular complexity index is 392. The number of hydrogen-bond donors (Lipinski definition) is 1. The summed E-state index contributed by atoms with van der Waals surface area (Å²) in [5, 5.41) is 2.71. The molecule has 1 atom stereocenters. The van der Waals surface area contributed by atoms with Crippen molar-refractivity contribution in [3.05, 3.63) is 29.6 Å². The molecular weight excluding hydrogens is 301 g/mol. The fourth-order valence-electron chi connectivity index (χ4n) is 1.18. The van der Waals surface area contributed by atoms with Crippen molar-refractivity contribution < 1.29 is 18.0 Å². The van der Waals surface area contributed by atoms with Crippen LogP contribution in [0.1, 0.15) is 24.2 Å². The molecule has 17 heavy (non-hydrogen) atoms. The summed E-state index contributed by atoms with van der Waals surface area (Å²) in [7, 11) is 0. The van der Waals surface area contributed by atoms with Gasteiger partial charge in [0, 0.05) is 6.20 Å². The van der Waals surface area contributed by atoms with Crippen LogP contribution in [0, 0.1) is 0 Å². The molecular formula is C10H10BrF3N2O. The maximum Gasteiger partial charge on any atom is 0.417 e. The third kappa shape index (κ3) is 3.99. The molecule has 0 radical (unpaired) electrons. The van der Waals surface area contributed by atoms with Crippen LogP contribution >= 0.6 is 15.9 Å². The van der Waals surface area contributed by atoms with E-state index in [1.54, 1.807) is 6.92 Å². The maximum absolute atomic E-state index is 12.3. The van der Waals surface area contributed by atoms with Crippen molar-refractivity contribution in [3.8, 4) is 0 Å². The Balaban J connectivity index is 2.77. The fraction of sp³-hybridized carbons (Fsp3) is 0.400. The highest BCUT2D eigenvalue weighted by Gasteiger charge is 2.30. The van der Waals surface area contributed by atoms with Gasteiger partial charge in [-0.3, -0.25) is 9.78 Å². The SMILES string of the molecule is C[C@H](NC(=O)CBr)c1ccc(C(F)(F)F)cn1. The molecule has 0 aliphatic rings. The smallest absolute Gasteiger partial charge is 0.347 e. The van der Waals surface area contributed by atoms with Gasteiger partial charge >= 0.3 is 6.18 Å². The second kappa shape index (κ2) is 5.48. The number of nitrogens with zero attached hydrogens (tertiary/aromatic N) is 1. The molecule has 1 amide bonds. The van der Waals surface area contributed by atoms with Gasteiger partial charge in [-0.2, -0.15) is 13.2 Å². The molecule has 0 fully saturated rings. The predicted octanol–water partition coefficient (Wildman–Crippen LogP) is 2.67. The molecule has 1 rings (SSSR count). The van der Waals surface area contributed by atoms with Gasteiger partial charge in [-0.05, 0) is 19.1 Å². The van der Waals surface area contributed by atoms with Crippen LogP contribution in [-0.2, 0) is 11.0 Å². The number of rotatable bonds is 3. The molecule has 1 aromatic heterocycles. The summed E-state index contributed by atoms with van der Waals surface area (Å²) >= 11 is 2.97. The monoisotopic (exact) mass is 310 g/mol. The van der Waals surface area contributed by atoms with Crippen LogP contribution in [0.2, 0.25) is 0 Å². The lowest BCUT2D eigenvalue weighted by atomic mass is 10.2. The van der Waals surface area contributed by atoms with E-state index in [-0.39, 0.29) is 11.2 Å². The minimum atomic E-state index is -4.39. The van der Waals surface area contributed by atoms with Gasteiger partial charge in [0.25, 0.3) is 0 Å². The van der Waals surface area contributed by atoms with Gasteiger partial charge in [-0.25, -0.2) is 0 Å². The number of amides is 1. The molecule has 0 aromatic carbocycles. The molecule has 3 nitrogen and oxygen atoms in total. The number of halogens is 4. The molecule has 1 aromatic rings. The van der Waals surface area contributed by atoms with Crippen molar-refractivity contribution in [2.24, 2.45) is 0 Å². The molecule has 7 heteroatoms. The summed E-state index contributed by atoms with van der Waals surface area (Å²) in [4.78, 5) is 14.7. The number of alkyl halides is 4. The highest BCUT2D eigenvalue weighted by molar-refractivity contribution is 9.09. The molecule has 1 heterocycles. The van der Waals surface area contributed by atoms with E-state index in [0.29, 0.717) is 5.69 Å². The third-order valence-corrected chi connectivity index (χ3v) is 2.57. The zero-order chi connectivity index (χ0) is 13.1. The zero-order valence-corrected chi connectivity index (χ0v) is 10.5. The lowest BCUT2D eigenvalue weighted by Crippen LogP contribution is -2.28. The molecule has 1 N–H and O–H groups in total. The minimum Gasteiger partial charge on any atom is -0.347 e. The number of pyridine rings is 1. The van der Waals surface area contributed by atoms with Gasteiger partial charge in [-0.1, -0.05) is 15.9 Å². The summed E-state index contributed by atoms with van der Waals surface area (Å²) in [5.74, 6) is -0.251. The number of carbonyl (C=O) groups is 1. The van der Waals surface area contributed by atoms with Crippen LogP contribution in [0.4, 0.5) is 13.2 Å². The number of hydrogen-bond acceptors (Lipinski definition) is 2. The molecule has 0 spiro atoms. The van der Waals surface area contributed by atoms with Gasteiger partial charge in [-0.15, -0.1) is 0 Å². The molecule has 0 aliphatic carbocycles. The first-order valence-electron chi connectivity index (χ1n) is 4.73. The van der Waals surface area contributed by atoms with Crippen molar-refractivity contribution in [1.29, 1.82) is 0 Å². The predicted molar refractivity (Wildman–Crippen MR) is 59.6 cm³/mol. The Morgan fingerprint density at radius 1 is 1.53 bits per heavy atom. The van der Waals surface area contributed by atoms with E-state index in [1.165, 1.54) is 6.07 Å². The van der Waals surface area contributed by atoms with E-state index < -0.39 is 17.8 Å². The molecule has 0 saturated carbocycles. The number of aromatic nitrogens is 1. The zero-order valence-electron chi connectivity index (χ0n) is 8.88. The lowest BCUT2D eigenvalue weighted by molar-refractivity contribution is -0.137. The van der Waals surface area contributed by atoms with Gasteiger partial charge in [0.1, 0.15) is 0 Å². The fourth-order valence-corrected chi connectivity index (χ4v) is 1.34. The van der Waals surface area contributed by atoms with Crippen molar-refractivity contribution in [2.75, 3.05) is 5.33 Å². The Morgan fingerprint density at radius 3 is 2.59 bits per heavy atom. The van der Waals surface area contributed by atoms with E-state index >= 15 is 0 Å². The normalized spacial score (nSPS) is 13.2. The Labute approximate surface area is 105 Å². The number of nitrogens with one attached hydrogen (secondary N) is 1. The second-order valence-corrected chi connectivity index (χ2v) is 3.95. The topological polar surface area (TPSA) is 42.0 Å². The van der Waals surface area contributed by atoms with E-state index in [2.05, 4.69) is 26.2 Å². The Morgan fingerprint density at radius 2 is 2.18 bits per heavy atom. The van der Waals surface area contributed by atoms with Crippen molar-refractivity contribution in [2.45, 2.75) is 19.1 Å². The third-order valence-electron chi connectivity index (χ3n) is 2.06. The first-order chi connectivity index (χ1) is 7.84. The molecule has 0 aliphatic heterocycles. The van der Waals surface area contributed by atoms with Gasteiger partial charge < -0.3 is 5.32 Å². The van der Waals surface area contributed by atoms with Crippen LogP contribution in [0.5, 0.6) is 0 Å². The average molecular weight is 311 g/mol. The average Bonchev–Trinajstić information content (AvgIpc) is 2.27. The van der Waals surface area contributed by atoms with Crippen LogP contribution in [-0.4, -0.2) is 16.2 Å². The first-order valence-corrected chi connectivity index (χ1v) is 5.85. The summed E-state index contributed by atoms with van der Waals surface area (Å²) < 4.78 is 36.8. The van der Waals surface area contributed by atoms with E-state index in [1.807, 2.05) is 0 Å². The van der Waals surface area contributed by atoms with Crippen molar-refractivity contribution in [3.63, 3.8) is 0 Å².